The topological polar surface area (TPSA) is 35.2 Å². The fourth-order valence-corrected chi connectivity index (χ4v) is 1.31. The normalized spacial score (nSPS) is 11.5. The van der Waals surface area contributed by atoms with E-state index in [-0.39, 0.29) is 0 Å². The van der Waals surface area contributed by atoms with Crippen molar-refractivity contribution in [1.82, 2.24) is 0 Å². The SMILES string of the molecule is CCC(=Cc1ccccc1OC)CN. The van der Waals surface area contributed by atoms with E-state index in [2.05, 4.69) is 13.0 Å². The van der Waals surface area contributed by atoms with E-state index in [0.29, 0.717) is 6.54 Å². The van der Waals surface area contributed by atoms with Gasteiger partial charge in [-0.2, -0.15) is 0 Å². The Labute approximate surface area is 85.4 Å². The van der Waals surface area contributed by atoms with Crippen molar-refractivity contribution in [3.63, 3.8) is 0 Å². The first-order chi connectivity index (χ1) is 6.81. The molecule has 0 aliphatic rings. The minimum Gasteiger partial charge on any atom is -0.496 e. The highest BCUT2D eigenvalue weighted by Gasteiger charge is 1.98. The molecule has 0 saturated carbocycles. The predicted octanol–water partition coefficient (Wildman–Crippen LogP) is 2.45. The molecule has 0 amide bonds. The molecule has 0 bridgehead atoms. The Morgan fingerprint density at radius 3 is 2.71 bits per heavy atom. The predicted molar refractivity (Wildman–Crippen MR) is 60.3 cm³/mol. The number of hydrogen-bond acceptors (Lipinski definition) is 2. The summed E-state index contributed by atoms with van der Waals surface area (Å²) in [6.07, 6.45) is 3.08. The smallest absolute Gasteiger partial charge is 0.126 e. The molecular weight excluding hydrogens is 174 g/mol. The molecule has 1 aromatic carbocycles. The number of para-hydroxylation sites is 1. The molecule has 1 aromatic rings. The third-order valence-electron chi connectivity index (χ3n) is 2.21. The van der Waals surface area contributed by atoms with Crippen LogP contribution < -0.4 is 10.5 Å². The zero-order valence-electron chi connectivity index (χ0n) is 8.79. The lowest BCUT2D eigenvalue weighted by Gasteiger charge is -2.06. The maximum atomic E-state index is 5.61. The maximum Gasteiger partial charge on any atom is 0.126 e. The third kappa shape index (κ3) is 2.60. The molecule has 0 spiro atoms. The van der Waals surface area contributed by atoms with E-state index in [1.54, 1.807) is 7.11 Å². The fraction of sp³-hybridized carbons (Fsp3) is 0.333. The van der Waals surface area contributed by atoms with E-state index >= 15 is 0 Å². The van der Waals surface area contributed by atoms with Crippen molar-refractivity contribution in [3.05, 3.63) is 35.4 Å². The first kappa shape index (κ1) is 10.8. The van der Waals surface area contributed by atoms with Crippen LogP contribution in [0.4, 0.5) is 0 Å². The average Bonchev–Trinajstić information content (AvgIpc) is 2.26. The Kier molecular flexibility index (Phi) is 4.20. The van der Waals surface area contributed by atoms with E-state index in [9.17, 15) is 0 Å². The molecule has 14 heavy (non-hydrogen) atoms. The summed E-state index contributed by atoms with van der Waals surface area (Å²) in [6.45, 7) is 2.71. The summed E-state index contributed by atoms with van der Waals surface area (Å²) in [5.41, 5.74) is 7.94. The highest BCUT2D eigenvalue weighted by molar-refractivity contribution is 5.59. The minimum absolute atomic E-state index is 0.606. The van der Waals surface area contributed by atoms with Gasteiger partial charge in [0.25, 0.3) is 0 Å². The summed E-state index contributed by atoms with van der Waals surface area (Å²) in [4.78, 5) is 0. The molecule has 0 radical (unpaired) electrons. The van der Waals surface area contributed by atoms with Crippen LogP contribution in [0, 0.1) is 0 Å². The van der Waals surface area contributed by atoms with Gasteiger partial charge in [0.1, 0.15) is 5.75 Å². The Morgan fingerprint density at radius 2 is 2.14 bits per heavy atom. The van der Waals surface area contributed by atoms with Crippen molar-refractivity contribution >= 4 is 6.08 Å². The molecule has 1 rings (SSSR count). The van der Waals surface area contributed by atoms with E-state index in [0.717, 1.165) is 17.7 Å². The molecule has 0 atom stereocenters. The Bertz CT molecular complexity index is 312. The van der Waals surface area contributed by atoms with E-state index in [1.165, 1.54) is 5.57 Å². The van der Waals surface area contributed by atoms with Crippen LogP contribution in [0.25, 0.3) is 6.08 Å². The Balaban J connectivity index is 3.00. The summed E-state index contributed by atoms with van der Waals surface area (Å²) < 4.78 is 5.25. The number of methoxy groups -OCH3 is 1. The lowest BCUT2D eigenvalue weighted by molar-refractivity contribution is 0.414. The van der Waals surface area contributed by atoms with E-state index in [4.69, 9.17) is 10.5 Å². The second-order valence-corrected chi connectivity index (χ2v) is 3.10. The lowest BCUT2D eigenvalue weighted by Crippen LogP contribution is -2.01. The van der Waals surface area contributed by atoms with Crippen molar-refractivity contribution in [2.45, 2.75) is 13.3 Å². The minimum atomic E-state index is 0.606. The van der Waals surface area contributed by atoms with Gasteiger partial charge in [0.05, 0.1) is 7.11 Å². The van der Waals surface area contributed by atoms with Gasteiger partial charge in [-0.25, -0.2) is 0 Å². The Morgan fingerprint density at radius 1 is 1.43 bits per heavy atom. The van der Waals surface area contributed by atoms with Gasteiger partial charge < -0.3 is 10.5 Å². The zero-order valence-corrected chi connectivity index (χ0v) is 8.79. The van der Waals surface area contributed by atoms with Gasteiger partial charge in [-0.1, -0.05) is 36.8 Å². The van der Waals surface area contributed by atoms with Gasteiger partial charge in [0.2, 0.25) is 0 Å². The molecule has 2 heteroatoms. The number of ether oxygens (including phenoxy) is 1. The van der Waals surface area contributed by atoms with Gasteiger partial charge in [-0.3, -0.25) is 0 Å². The van der Waals surface area contributed by atoms with Gasteiger partial charge in [0.15, 0.2) is 0 Å². The van der Waals surface area contributed by atoms with Crippen LogP contribution in [0.3, 0.4) is 0 Å². The van der Waals surface area contributed by atoms with Crippen molar-refractivity contribution in [1.29, 1.82) is 0 Å². The van der Waals surface area contributed by atoms with E-state index < -0.39 is 0 Å². The van der Waals surface area contributed by atoms with E-state index in [1.807, 2.05) is 24.3 Å². The van der Waals surface area contributed by atoms with Gasteiger partial charge in [-0.15, -0.1) is 0 Å². The average molecular weight is 191 g/mol. The second kappa shape index (κ2) is 5.45. The van der Waals surface area contributed by atoms with Gasteiger partial charge in [-0.05, 0) is 12.5 Å². The largest absolute Gasteiger partial charge is 0.496 e. The fourth-order valence-electron chi connectivity index (χ4n) is 1.31. The summed E-state index contributed by atoms with van der Waals surface area (Å²) in [6, 6.07) is 7.95. The molecule has 0 aliphatic heterocycles. The van der Waals surface area contributed by atoms with Gasteiger partial charge >= 0.3 is 0 Å². The highest BCUT2D eigenvalue weighted by Crippen LogP contribution is 2.20. The van der Waals surface area contributed by atoms with Crippen LogP contribution in [-0.4, -0.2) is 13.7 Å². The molecule has 76 valence electrons. The van der Waals surface area contributed by atoms with Crippen molar-refractivity contribution in [2.75, 3.05) is 13.7 Å². The van der Waals surface area contributed by atoms with Crippen LogP contribution in [0.15, 0.2) is 29.8 Å². The first-order valence-corrected chi connectivity index (χ1v) is 4.84. The van der Waals surface area contributed by atoms with Crippen LogP contribution in [-0.2, 0) is 0 Å². The zero-order chi connectivity index (χ0) is 10.4. The summed E-state index contributed by atoms with van der Waals surface area (Å²) in [5.74, 6) is 0.895. The van der Waals surface area contributed by atoms with Crippen LogP contribution in [0.1, 0.15) is 18.9 Å². The number of benzene rings is 1. The standard InChI is InChI=1S/C12H17NO/c1-3-10(9-13)8-11-6-4-5-7-12(11)14-2/h4-8H,3,9,13H2,1-2H3. The van der Waals surface area contributed by atoms with Crippen molar-refractivity contribution in [3.8, 4) is 5.75 Å². The molecule has 0 aliphatic carbocycles. The summed E-state index contributed by atoms with van der Waals surface area (Å²) >= 11 is 0. The monoisotopic (exact) mass is 191 g/mol. The van der Waals surface area contributed by atoms with Crippen LogP contribution in [0.2, 0.25) is 0 Å². The first-order valence-electron chi connectivity index (χ1n) is 4.84. The van der Waals surface area contributed by atoms with Crippen LogP contribution >= 0.6 is 0 Å². The maximum absolute atomic E-state index is 5.61. The number of nitrogens with two attached hydrogens (primary N) is 1. The molecule has 0 fully saturated rings. The molecular formula is C12H17NO. The molecule has 0 saturated heterocycles. The molecule has 0 aromatic heterocycles. The van der Waals surface area contributed by atoms with Gasteiger partial charge in [0, 0.05) is 12.1 Å². The lowest BCUT2D eigenvalue weighted by atomic mass is 10.1. The quantitative estimate of drug-likeness (QED) is 0.793. The van der Waals surface area contributed by atoms with Crippen molar-refractivity contribution < 1.29 is 4.74 Å². The Hall–Kier alpha value is -1.28. The second-order valence-electron chi connectivity index (χ2n) is 3.10. The molecule has 0 unspecified atom stereocenters. The molecule has 2 N–H and O–H groups in total. The third-order valence-corrected chi connectivity index (χ3v) is 2.21. The van der Waals surface area contributed by atoms with Crippen molar-refractivity contribution in [2.24, 2.45) is 5.73 Å². The summed E-state index contributed by atoms with van der Waals surface area (Å²) in [5, 5.41) is 0. The van der Waals surface area contributed by atoms with Crippen LogP contribution in [0.5, 0.6) is 5.75 Å². The highest BCUT2D eigenvalue weighted by atomic mass is 16.5. The molecule has 2 nitrogen and oxygen atoms in total. The molecule has 0 heterocycles. The number of rotatable bonds is 4. The number of hydrogen-bond donors (Lipinski definition) is 1. The summed E-state index contributed by atoms with van der Waals surface area (Å²) in [7, 11) is 1.68.